The van der Waals surface area contributed by atoms with Crippen molar-refractivity contribution in [1.82, 2.24) is 9.97 Å². The molecule has 3 rings (SSSR count). The number of hydrogen-bond donors (Lipinski definition) is 2. The number of hydrogen-bond acceptors (Lipinski definition) is 8. The maximum absolute atomic E-state index is 12.0. The molecule has 1 atom stereocenters. The fraction of sp³-hybridized carbons (Fsp3) is 0.300. The van der Waals surface area contributed by atoms with Gasteiger partial charge in [0.05, 0.1) is 23.9 Å². The molecule has 3 N–H and O–H groups in total. The number of nitrogens with zero attached hydrogens (tertiary/aromatic N) is 2. The quantitative estimate of drug-likeness (QED) is 0.517. The molecule has 0 aliphatic carbocycles. The van der Waals surface area contributed by atoms with Gasteiger partial charge in [-0.1, -0.05) is 18.2 Å². The number of sulfone groups is 1. The van der Waals surface area contributed by atoms with Crippen LogP contribution in [0.1, 0.15) is 23.4 Å². The van der Waals surface area contributed by atoms with E-state index in [1.165, 1.54) is 20.3 Å². The number of nitrogens with one attached hydrogen (secondary N) is 1. The second kappa shape index (κ2) is 8.77. The topological polar surface area (TPSA) is 141 Å². The molecular formula is C20H24N4O5S2. The van der Waals surface area contributed by atoms with Gasteiger partial charge in [-0.3, -0.25) is 0 Å². The minimum Gasteiger partial charge on any atom is -0.497 e. The van der Waals surface area contributed by atoms with Gasteiger partial charge in [-0.15, -0.1) is 0 Å². The van der Waals surface area contributed by atoms with E-state index in [1.54, 1.807) is 42.5 Å². The van der Waals surface area contributed by atoms with Gasteiger partial charge in [0.2, 0.25) is 10.0 Å². The molecule has 0 bridgehead atoms. The minimum absolute atomic E-state index is 0.0438. The first-order chi connectivity index (χ1) is 14.5. The number of fused-ring (bicyclic) bond motifs is 1. The van der Waals surface area contributed by atoms with E-state index in [0.29, 0.717) is 28.0 Å². The number of para-hydroxylation sites is 2. The Bertz CT molecular complexity index is 1320. The van der Waals surface area contributed by atoms with Crippen molar-refractivity contribution in [3.8, 4) is 5.75 Å². The number of methoxy groups -OCH3 is 1. The van der Waals surface area contributed by atoms with E-state index >= 15 is 0 Å². The normalized spacial score (nSPS) is 13.2. The van der Waals surface area contributed by atoms with Crippen LogP contribution in [0.5, 0.6) is 5.75 Å². The lowest BCUT2D eigenvalue weighted by Crippen LogP contribution is -2.21. The van der Waals surface area contributed by atoms with E-state index in [1.807, 2.05) is 0 Å². The highest BCUT2D eigenvalue weighted by Crippen LogP contribution is 2.31. The zero-order valence-corrected chi connectivity index (χ0v) is 19.0. The zero-order valence-electron chi connectivity index (χ0n) is 17.4. The highest BCUT2D eigenvalue weighted by Gasteiger charge is 2.25. The predicted molar refractivity (Wildman–Crippen MR) is 121 cm³/mol. The maximum atomic E-state index is 12.0. The molecule has 11 heteroatoms. The summed E-state index contributed by atoms with van der Waals surface area (Å²) in [5.74, 6) is 0.715. The van der Waals surface area contributed by atoms with Crippen LogP contribution in [0.25, 0.3) is 11.0 Å². The number of benzene rings is 2. The Balaban J connectivity index is 2.13. The van der Waals surface area contributed by atoms with Crippen LogP contribution in [0.15, 0.2) is 42.5 Å². The first-order valence-corrected chi connectivity index (χ1v) is 13.0. The van der Waals surface area contributed by atoms with Gasteiger partial charge >= 0.3 is 0 Å². The molecule has 1 heterocycles. The third kappa shape index (κ3) is 5.69. The number of anilines is 2. The van der Waals surface area contributed by atoms with E-state index in [4.69, 9.17) is 9.88 Å². The van der Waals surface area contributed by atoms with Gasteiger partial charge in [0, 0.05) is 18.0 Å². The molecule has 0 radical (unpaired) electrons. The van der Waals surface area contributed by atoms with E-state index in [2.05, 4.69) is 15.3 Å². The Morgan fingerprint density at radius 1 is 1.06 bits per heavy atom. The van der Waals surface area contributed by atoms with Gasteiger partial charge in [-0.2, -0.15) is 0 Å². The lowest BCUT2D eigenvalue weighted by Gasteiger charge is -2.18. The zero-order chi connectivity index (χ0) is 22.8. The summed E-state index contributed by atoms with van der Waals surface area (Å²) in [5.41, 5.74) is 2.50. The summed E-state index contributed by atoms with van der Waals surface area (Å²) in [4.78, 5) is 9.04. The van der Waals surface area contributed by atoms with E-state index in [0.717, 1.165) is 0 Å². The molecule has 0 aliphatic heterocycles. The Labute approximate surface area is 181 Å². The van der Waals surface area contributed by atoms with Crippen LogP contribution >= 0.6 is 0 Å². The van der Waals surface area contributed by atoms with Crippen LogP contribution < -0.4 is 15.2 Å². The van der Waals surface area contributed by atoms with Crippen molar-refractivity contribution in [3.63, 3.8) is 0 Å². The van der Waals surface area contributed by atoms with Gasteiger partial charge in [-0.25, -0.2) is 31.9 Å². The summed E-state index contributed by atoms with van der Waals surface area (Å²) in [6, 6.07) is 12.2. The van der Waals surface area contributed by atoms with Crippen LogP contribution in [0.2, 0.25) is 0 Å². The lowest BCUT2D eigenvalue weighted by molar-refractivity contribution is 0.415. The molecule has 0 saturated carbocycles. The third-order valence-corrected chi connectivity index (χ3v) is 6.94. The van der Waals surface area contributed by atoms with Crippen molar-refractivity contribution in [1.29, 1.82) is 0 Å². The Morgan fingerprint density at radius 3 is 2.29 bits per heavy atom. The summed E-state index contributed by atoms with van der Waals surface area (Å²) >= 11 is 0. The third-order valence-electron chi connectivity index (χ3n) is 4.79. The van der Waals surface area contributed by atoms with Crippen LogP contribution in [0, 0.1) is 0 Å². The van der Waals surface area contributed by atoms with Gasteiger partial charge in [0.1, 0.15) is 26.5 Å². The molecule has 1 aromatic heterocycles. The van der Waals surface area contributed by atoms with Gasteiger partial charge in [0.25, 0.3) is 0 Å². The van der Waals surface area contributed by atoms with Gasteiger partial charge in [-0.05, 0) is 37.1 Å². The molecule has 31 heavy (non-hydrogen) atoms. The standard InChI is InChI=1S/C20H24N4O5S2/c1-13(31(21,27)28)19-20(23-17-7-5-4-6-16(17)22-19)24-18-12-15(29-2)9-8-14(18)10-11-30(3,25)26/h4-9,12-13H,10-11H2,1-3H3,(H,23,24)(H2,21,27,28). The molecule has 0 aliphatic rings. The minimum atomic E-state index is -3.94. The Morgan fingerprint density at radius 2 is 1.71 bits per heavy atom. The Kier molecular flexibility index (Phi) is 6.48. The van der Waals surface area contributed by atoms with Crippen molar-refractivity contribution in [2.24, 2.45) is 5.14 Å². The number of rotatable bonds is 8. The molecule has 0 spiro atoms. The number of ether oxygens (including phenoxy) is 1. The molecule has 3 aromatic rings. The van der Waals surface area contributed by atoms with Crippen molar-refractivity contribution >= 4 is 42.4 Å². The Hall–Kier alpha value is -2.76. The van der Waals surface area contributed by atoms with Gasteiger partial charge in [0.15, 0.2) is 5.82 Å². The van der Waals surface area contributed by atoms with Crippen molar-refractivity contribution in [2.45, 2.75) is 18.6 Å². The molecule has 9 nitrogen and oxygen atoms in total. The summed E-state index contributed by atoms with van der Waals surface area (Å²) in [5, 5.41) is 7.39. The van der Waals surface area contributed by atoms with E-state index in [-0.39, 0.29) is 23.7 Å². The smallest absolute Gasteiger partial charge is 0.217 e. The summed E-state index contributed by atoms with van der Waals surface area (Å²) in [7, 11) is -5.61. The number of nitrogens with two attached hydrogens (primary N) is 1. The average molecular weight is 465 g/mol. The second-order valence-corrected chi connectivity index (χ2v) is 11.4. The fourth-order valence-electron chi connectivity index (χ4n) is 2.98. The van der Waals surface area contributed by atoms with Crippen molar-refractivity contribution in [3.05, 3.63) is 53.7 Å². The van der Waals surface area contributed by atoms with E-state index in [9.17, 15) is 16.8 Å². The molecule has 0 saturated heterocycles. The number of primary sulfonamides is 1. The van der Waals surface area contributed by atoms with Crippen LogP contribution in [0.4, 0.5) is 11.5 Å². The van der Waals surface area contributed by atoms with Crippen LogP contribution in [-0.4, -0.2) is 45.9 Å². The summed E-state index contributed by atoms with van der Waals surface area (Å²) < 4.78 is 52.7. The van der Waals surface area contributed by atoms with Crippen molar-refractivity contribution < 1.29 is 21.6 Å². The maximum Gasteiger partial charge on any atom is 0.217 e. The molecule has 2 aromatic carbocycles. The largest absolute Gasteiger partial charge is 0.497 e. The van der Waals surface area contributed by atoms with Crippen molar-refractivity contribution in [2.75, 3.05) is 24.4 Å². The molecular weight excluding hydrogens is 440 g/mol. The molecule has 0 fully saturated rings. The predicted octanol–water partition coefficient (Wildman–Crippen LogP) is 2.32. The summed E-state index contributed by atoms with van der Waals surface area (Å²) in [6.07, 6.45) is 1.43. The van der Waals surface area contributed by atoms with Crippen LogP contribution in [0.3, 0.4) is 0 Å². The molecule has 166 valence electrons. The van der Waals surface area contributed by atoms with Crippen LogP contribution in [-0.2, 0) is 26.3 Å². The number of sulfonamides is 1. The first-order valence-electron chi connectivity index (χ1n) is 9.38. The van der Waals surface area contributed by atoms with Gasteiger partial charge < -0.3 is 10.1 Å². The first kappa shape index (κ1) is 22.9. The second-order valence-electron chi connectivity index (χ2n) is 7.21. The highest BCUT2D eigenvalue weighted by atomic mass is 32.2. The molecule has 0 amide bonds. The molecule has 1 unspecified atom stereocenters. The fourth-order valence-corrected chi connectivity index (χ4v) is 4.05. The SMILES string of the molecule is COc1ccc(CCS(C)(=O)=O)c(Nc2nc3ccccc3nc2C(C)S(N)(=O)=O)c1. The number of aromatic nitrogens is 2. The average Bonchev–Trinajstić information content (AvgIpc) is 2.70. The monoisotopic (exact) mass is 464 g/mol. The highest BCUT2D eigenvalue weighted by molar-refractivity contribution is 7.90. The van der Waals surface area contributed by atoms with E-state index < -0.39 is 25.1 Å². The number of aryl methyl sites for hydroxylation is 1. The lowest BCUT2D eigenvalue weighted by atomic mass is 10.1. The summed E-state index contributed by atoms with van der Waals surface area (Å²) in [6.45, 7) is 1.44.